The number of rotatable bonds is 0. The smallest absolute Gasteiger partial charge is 0.0574 e. The second kappa shape index (κ2) is 2.65. The van der Waals surface area contributed by atoms with E-state index in [1.54, 1.807) is 0 Å². The van der Waals surface area contributed by atoms with Gasteiger partial charge in [0, 0.05) is 11.8 Å². The Bertz CT molecular complexity index is 315. The van der Waals surface area contributed by atoms with E-state index in [4.69, 9.17) is 23.2 Å². The van der Waals surface area contributed by atoms with Crippen LogP contribution in [0.3, 0.4) is 0 Å². The number of benzene rings is 1. The molecule has 2 aliphatic rings. The second-order valence-electron chi connectivity index (χ2n) is 3.97. The third-order valence-corrected chi connectivity index (χ3v) is 4.66. The Labute approximate surface area is 87.9 Å². The van der Waals surface area contributed by atoms with Gasteiger partial charge in [0.1, 0.15) is 0 Å². The summed E-state index contributed by atoms with van der Waals surface area (Å²) in [5.74, 6) is 1.01. The normalized spacial score (nSPS) is 40.8. The lowest BCUT2D eigenvalue weighted by atomic mass is 9.91. The van der Waals surface area contributed by atoms with Gasteiger partial charge < -0.3 is 0 Å². The zero-order chi connectivity index (χ0) is 9.00. The fraction of sp³-hybridized carbons (Fsp3) is 0.455. The Morgan fingerprint density at radius 1 is 0.923 bits per heavy atom. The van der Waals surface area contributed by atoms with E-state index in [0.29, 0.717) is 11.8 Å². The van der Waals surface area contributed by atoms with Gasteiger partial charge in [0.25, 0.3) is 0 Å². The molecule has 1 saturated carbocycles. The predicted octanol–water partition coefficient (Wildman–Crippen LogP) is 3.49. The van der Waals surface area contributed by atoms with Crippen LogP contribution in [0.5, 0.6) is 0 Å². The van der Waals surface area contributed by atoms with Crippen molar-refractivity contribution in [1.29, 1.82) is 0 Å². The van der Waals surface area contributed by atoms with Crippen molar-refractivity contribution in [2.24, 2.45) is 0 Å². The zero-order valence-electron chi connectivity index (χ0n) is 7.08. The van der Waals surface area contributed by atoms with E-state index in [0.717, 1.165) is 6.42 Å². The maximum absolute atomic E-state index is 6.26. The standard InChI is InChI=1S/C11H10Cl2/c12-10-8-5-9(11(10)13)7-4-2-1-3-6(7)8/h1-4,8-11H,5H2/t8-,9+,10-,11-/m1/s1. The molecule has 2 bridgehead atoms. The molecular formula is C11H10Cl2. The minimum Gasteiger partial charge on any atom is -0.121 e. The predicted molar refractivity (Wildman–Crippen MR) is 55.8 cm³/mol. The number of hydrogen-bond acceptors (Lipinski definition) is 0. The van der Waals surface area contributed by atoms with Crippen LogP contribution in [0.2, 0.25) is 0 Å². The van der Waals surface area contributed by atoms with Crippen molar-refractivity contribution in [1.82, 2.24) is 0 Å². The molecule has 1 aromatic carbocycles. The molecule has 0 nitrogen and oxygen atoms in total. The van der Waals surface area contributed by atoms with Gasteiger partial charge in [-0.2, -0.15) is 0 Å². The molecule has 4 atom stereocenters. The van der Waals surface area contributed by atoms with Crippen LogP contribution in [0.1, 0.15) is 29.4 Å². The first-order chi connectivity index (χ1) is 6.29. The van der Waals surface area contributed by atoms with Crippen molar-refractivity contribution in [2.45, 2.75) is 29.0 Å². The summed E-state index contributed by atoms with van der Waals surface area (Å²) in [6.45, 7) is 0. The highest BCUT2D eigenvalue weighted by atomic mass is 35.5. The Hall–Kier alpha value is -0.200. The second-order valence-corrected chi connectivity index (χ2v) is 4.97. The Morgan fingerprint density at radius 3 is 1.85 bits per heavy atom. The molecule has 0 spiro atoms. The highest BCUT2D eigenvalue weighted by Gasteiger charge is 2.49. The van der Waals surface area contributed by atoms with Crippen molar-refractivity contribution >= 4 is 23.2 Å². The average molecular weight is 213 g/mol. The van der Waals surface area contributed by atoms with Gasteiger partial charge >= 0.3 is 0 Å². The summed E-state index contributed by atoms with van der Waals surface area (Å²) in [5.41, 5.74) is 2.87. The first-order valence-electron chi connectivity index (χ1n) is 4.66. The van der Waals surface area contributed by atoms with Gasteiger partial charge in [0.15, 0.2) is 0 Å². The average Bonchev–Trinajstić information content (AvgIpc) is 2.66. The number of halogens is 2. The molecule has 0 aliphatic heterocycles. The lowest BCUT2D eigenvalue weighted by molar-refractivity contribution is 0.735. The molecule has 2 heteroatoms. The minimum absolute atomic E-state index is 0.140. The van der Waals surface area contributed by atoms with E-state index in [1.165, 1.54) is 11.1 Å². The molecule has 0 saturated heterocycles. The summed E-state index contributed by atoms with van der Waals surface area (Å²) >= 11 is 12.5. The van der Waals surface area contributed by atoms with E-state index >= 15 is 0 Å². The van der Waals surface area contributed by atoms with Gasteiger partial charge in [0.2, 0.25) is 0 Å². The van der Waals surface area contributed by atoms with Crippen LogP contribution in [0.15, 0.2) is 24.3 Å². The molecule has 13 heavy (non-hydrogen) atoms. The van der Waals surface area contributed by atoms with Crippen LogP contribution in [0.4, 0.5) is 0 Å². The molecule has 1 fully saturated rings. The molecular weight excluding hydrogens is 203 g/mol. The SMILES string of the molecule is Cl[C@H]1[C@H](Cl)[C@H]2C[C@@H]1c1ccccc12. The van der Waals surface area contributed by atoms with Gasteiger partial charge in [-0.05, 0) is 17.5 Å². The fourth-order valence-corrected chi connectivity index (χ4v) is 3.59. The maximum atomic E-state index is 6.26. The quantitative estimate of drug-likeness (QED) is 0.578. The van der Waals surface area contributed by atoms with Crippen LogP contribution in [-0.2, 0) is 0 Å². The first kappa shape index (κ1) is 8.14. The van der Waals surface area contributed by atoms with Gasteiger partial charge in [0.05, 0.1) is 10.8 Å². The van der Waals surface area contributed by atoms with E-state index in [9.17, 15) is 0 Å². The summed E-state index contributed by atoms with van der Waals surface area (Å²) < 4.78 is 0. The highest BCUT2D eigenvalue weighted by Crippen LogP contribution is 2.56. The maximum Gasteiger partial charge on any atom is 0.0574 e. The number of alkyl halides is 2. The Morgan fingerprint density at radius 2 is 1.38 bits per heavy atom. The van der Waals surface area contributed by atoms with Crippen LogP contribution < -0.4 is 0 Å². The third-order valence-electron chi connectivity index (χ3n) is 3.38. The third kappa shape index (κ3) is 0.936. The van der Waals surface area contributed by atoms with Crippen molar-refractivity contribution < 1.29 is 0 Å². The molecule has 0 aromatic heterocycles. The summed E-state index contributed by atoms with van der Waals surface area (Å²) in [4.78, 5) is 0. The Kier molecular flexibility index (Phi) is 1.66. The first-order valence-corrected chi connectivity index (χ1v) is 5.53. The van der Waals surface area contributed by atoms with Crippen molar-refractivity contribution in [3.8, 4) is 0 Å². The van der Waals surface area contributed by atoms with E-state index in [1.807, 2.05) is 0 Å². The van der Waals surface area contributed by atoms with Crippen LogP contribution >= 0.6 is 23.2 Å². The topological polar surface area (TPSA) is 0 Å². The molecule has 0 N–H and O–H groups in total. The lowest BCUT2D eigenvalue weighted by Gasteiger charge is -2.23. The van der Waals surface area contributed by atoms with Crippen LogP contribution in [-0.4, -0.2) is 10.8 Å². The lowest BCUT2D eigenvalue weighted by Crippen LogP contribution is -2.22. The van der Waals surface area contributed by atoms with Gasteiger partial charge in [-0.1, -0.05) is 24.3 Å². The minimum atomic E-state index is 0.140. The molecule has 1 aromatic rings. The van der Waals surface area contributed by atoms with E-state index in [-0.39, 0.29) is 10.8 Å². The Balaban J connectivity index is 2.16. The summed E-state index contributed by atoms with van der Waals surface area (Å²) in [6, 6.07) is 8.56. The van der Waals surface area contributed by atoms with Crippen LogP contribution in [0, 0.1) is 0 Å². The van der Waals surface area contributed by atoms with Crippen molar-refractivity contribution in [2.75, 3.05) is 0 Å². The zero-order valence-corrected chi connectivity index (χ0v) is 8.59. The number of fused-ring (bicyclic) bond motifs is 5. The molecule has 0 radical (unpaired) electrons. The monoisotopic (exact) mass is 212 g/mol. The largest absolute Gasteiger partial charge is 0.121 e. The van der Waals surface area contributed by atoms with Gasteiger partial charge in [-0.15, -0.1) is 23.2 Å². The molecule has 2 aliphatic carbocycles. The molecule has 3 rings (SSSR count). The van der Waals surface area contributed by atoms with E-state index < -0.39 is 0 Å². The van der Waals surface area contributed by atoms with E-state index in [2.05, 4.69) is 24.3 Å². The molecule has 0 heterocycles. The summed E-state index contributed by atoms with van der Waals surface area (Å²) in [6.07, 6.45) is 1.15. The highest BCUT2D eigenvalue weighted by molar-refractivity contribution is 6.31. The fourth-order valence-electron chi connectivity index (χ4n) is 2.76. The van der Waals surface area contributed by atoms with Gasteiger partial charge in [-0.3, -0.25) is 0 Å². The molecule has 0 unspecified atom stereocenters. The molecule has 68 valence electrons. The molecule has 0 amide bonds. The summed E-state index contributed by atoms with van der Waals surface area (Å²) in [7, 11) is 0. The van der Waals surface area contributed by atoms with Crippen molar-refractivity contribution in [3.63, 3.8) is 0 Å². The van der Waals surface area contributed by atoms with Crippen LogP contribution in [0.25, 0.3) is 0 Å². The summed E-state index contributed by atoms with van der Waals surface area (Å²) in [5, 5.41) is 0.281. The van der Waals surface area contributed by atoms with Crippen molar-refractivity contribution in [3.05, 3.63) is 35.4 Å². The number of hydrogen-bond donors (Lipinski definition) is 0. The van der Waals surface area contributed by atoms with Gasteiger partial charge in [-0.25, -0.2) is 0 Å².